The molecule has 0 bridgehead atoms. The summed E-state index contributed by atoms with van der Waals surface area (Å²) in [5.41, 5.74) is 2.47. The zero-order valence-electron chi connectivity index (χ0n) is 17.9. The molecule has 0 spiro atoms. The lowest BCUT2D eigenvalue weighted by Gasteiger charge is -2.31. The number of nitrogens with one attached hydrogen (secondary N) is 1. The topological polar surface area (TPSA) is 89.2 Å². The standard InChI is InChI=1S/C23H27N5O3/c1-3-27-18-6-4-5-7-19(18)28(23(27)31)15-21(29)26-12-10-17(11-13-26)22(30)25-20-9-8-16(2)14-24-20/h4-9,14,17H,3,10-13,15H2,1-2H3,(H,24,25,30). The first kappa shape index (κ1) is 20.8. The van der Waals surface area contributed by atoms with Gasteiger partial charge in [-0.25, -0.2) is 9.78 Å². The predicted octanol–water partition coefficient (Wildman–Crippen LogP) is 2.40. The van der Waals surface area contributed by atoms with E-state index in [1.807, 2.05) is 44.2 Å². The van der Waals surface area contributed by atoms with Gasteiger partial charge in [0.1, 0.15) is 12.4 Å². The number of nitrogens with zero attached hydrogens (tertiary/aromatic N) is 4. The zero-order chi connectivity index (χ0) is 22.0. The van der Waals surface area contributed by atoms with Gasteiger partial charge in [-0.2, -0.15) is 0 Å². The molecule has 4 rings (SSSR count). The number of fused-ring (bicyclic) bond motifs is 1. The monoisotopic (exact) mass is 421 g/mol. The highest BCUT2D eigenvalue weighted by Crippen LogP contribution is 2.20. The Hall–Kier alpha value is -3.42. The molecule has 2 amide bonds. The van der Waals surface area contributed by atoms with E-state index < -0.39 is 0 Å². The van der Waals surface area contributed by atoms with E-state index in [0.29, 0.717) is 38.3 Å². The Balaban J connectivity index is 1.38. The fourth-order valence-corrected chi connectivity index (χ4v) is 4.13. The Bertz CT molecular complexity index is 1150. The van der Waals surface area contributed by atoms with Crippen molar-refractivity contribution in [3.63, 3.8) is 0 Å². The number of hydrogen-bond donors (Lipinski definition) is 1. The van der Waals surface area contributed by atoms with Crippen LogP contribution in [0.5, 0.6) is 0 Å². The number of benzene rings is 1. The second-order valence-corrected chi connectivity index (χ2v) is 7.97. The van der Waals surface area contributed by atoms with Crippen LogP contribution in [0, 0.1) is 12.8 Å². The Morgan fingerprint density at radius 2 is 1.74 bits per heavy atom. The molecule has 0 aliphatic carbocycles. The summed E-state index contributed by atoms with van der Waals surface area (Å²) in [5.74, 6) is 0.225. The molecular formula is C23H27N5O3. The average molecular weight is 422 g/mol. The SMILES string of the molecule is CCn1c(=O)n(CC(=O)N2CCC(C(=O)Nc3ccc(C)cn3)CC2)c2ccccc21. The minimum absolute atomic E-state index is 0.0104. The molecule has 2 aromatic heterocycles. The summed E-state index contributed by atoms with van der Waals surface area (Å²) < 4.78 is 3.22. The first-order chi connectivity index (χ1) is 15.0. The number of amides is 2. The summed E-state index contributed by atoms with van der Waals surface area (Å²) in [5, 5.41) is 2.86. The maximum Gasteiger partial charge on any atom is 0.329 e. The molecule has 1 aromatic carbocycles. The molecule has 31 heavy (non-hydrogen) atoms. The second-order valence-electron chi connectivity index (χ2n) is 7.97. The molecule has 8 heteroatoms. The van der Waals surface area contributed by atoms with Gasteiger partial charge in [0, 0.05) is 31.7 Å². The molecule has 1 aliphatic rings. The van der Waals surface area contributed by atoms with Crippen LogP contribution in [0.2, 0.25) is 0 Å². The molecule has 1 aliphatic heterocycles. The molecular weight excluding hydrogens is 394 g/mol. The number of piperidine rings is 1. The Labute approximate surface area is 180 Å². The van der Waals surface area contributed by atoms with Gasteiger partial charge in [0.05, 0.1) is 11.0 Å². The summed E-state index contributed by atoms with van der Waals surface area (Å²) in [6.45, 7) is 5.42. The van der Waals surface area contributed by atoms with Gasteiger partial charge in [-0.15, -0.1) is 0 Å². The van der Waals surface area contributed by atoms with Crippen molar-refractivity contribution in [2.45, 2.75) is 39.8 Å². The number of imidazole rings is 1. The van der Waals surface area contributed by atoms with E-state index in [1.54, 1.807) is 26.3 Å². The normalized spacial score (nSPS) is 14.7. The molecule has 3 aromatic rings. The maximum atomic E-state index is 12.9. The quantitative estimate of drug-likeness (QED) is 0.685. The molecule has 0 saturated carbocycles. The van der Waals surface area contributed by atoms with Crippen LogP contribution in [0.3, 0.4) is 0 Å². The lowest BCUT2D eigenvalue weighted by Crippen LogP contribution is -2.43. The van der Waals surface area contributed by atoms with Gasteiger partial charge in [-0.05, 0) is 50.5 Å². The fraction of sp³-hybridized carbons (Fsp3) is 0.391. The van der Waals surface area contributed by atoms with Crippen molar-refractivity contribution >= 4 is 28.7 Å². The summed E-state index contributed by atoms with van der Waals surface area (Å²) in [6, 6.07) is 11.2. The minimum Gasteiger partial charge on any atom is -0.341 e. The van der Waals surface area contributed by atoms with Gasteiger partial charge in [-0.1, -0.05) is 18.2 Å². The van der Waals surface area contributed by atoms with Crippen molar-refractivity contribution in [3.05, 3.63) is 58.6 Å². The van der Waals surface area contributed by atoms with E-state index in [1.165, 1.54) is 0 Å². The number of pyridine rings is 1. The van der Waals surface area contributed by atoms with Crippen molar-refractivity contribution in [1.82, 2.24) is 19.0 Å². The third-order valence-corrected chi connectivity index (χ3v) is 5.92. The number of anilines is 1. The van der Waals surface area contributed by atoms with Crippen LogP contribution in [-0.4, -0.2) is 43.9 Å². The maximum absolute atomic E-state index is 12.9. The van der Waals surface area contributed by atoms with Crippen molar-refractivity contribution in [2.24, 2.45) is 5.92 Å². The number of carbonyl (C=O) groups excluding carboxylic acids is 2. The van der Waals surface area contributed by atoms with Gasteiger partial charge < -0.3 is 10.2 Å². The predicted molar refractivity (Wildman–Crippen MR) is 119 cm³/mol. The number of rotatable bonds is 5. The summed E-state index contributed by atoms with van der Waals surface area (Å²) in [6.07, 6.45) is 2.90. The first-order valence-corrected chi connectivity index (χ1v) is 10.7. The number of hydrogen-bond acceptors (Lipinski definition) is 4. The smallest absolute Gasteiger partial charge is 0.329 e. The second kappa shape index (κ2) is 8.75. The van der Waals surface area contributed by atoms with Crippen molar-refractivity contribution in [1.29, 1.82) is 0 Å². The summed E-state index contributed by atoms with van der Waals surface area (Å²) >= 11 is 0. The van der Waals surface area contributed by atoms with Crippen LogP contribution in [0.1, 0.15) is 25.3 Å². The molecule has 0 atom stereocenters. The van der Waals surface area contributed by atoms with Crippen molar-refractivity contribution < 1.29 is 9.59 Å². The van der Waals surface area contributed by atoms with Gasteiger partial charge in [-0.3, -0.25) is 18.7 Å². The van der Waals surface area contributed by atoms with Crippen LogP contribution < -0.4 is 11.0 Å². The molecule has 1 fully saturated rings. The van der Waals surface area contributed by atoms with Crippen molar-refractivity contribution in [3.8, 4) is 0 Å². The Morgan fingerprint density at radius 3 is 2.35 bits per heavy atom. The lowest BCUT2D eigenvalue weighted by atomic mass is 9.96. The average Bonchev–Trinajstić information content (AvgIpc) is 3.06. The molecule has 162 valence electrons. The van der Waals surface area contributed by atoms with E-state index in [9.17, 15) is 14.4 Å². The van der Waals surface area contributed by atoms with E-state index >= 15 is 0 Å². The number of carbonyl (C=O) groups is 2. The molecule has 3 heterocycles. The van der Waals surface area contributed by atoms with E-state index in [2.05, 4.69) is 10.3 Å². The minimum atomic E-state index is -0.170. The fourth-order valence-electron chi connectivity index (χ4n) is 4.13. The Morgan fingerprint density at radius 1 is 1.06 bits per heavy atom. The highest BCUT2D eigenvalue weighted by Gasteiger charge is 2.28. The lowest BCUT2D eigenvalue weighted by molar-refractivity contribution is -0.135. The van der Waals surface area contributed by atoms with Crippen LogP contribution in [0.15, 0.2) is 47.4 Å². The number of aromatic nitrogens is 3. The molecule has 8 nitrogen and oxygen atoms in total. The molecule has 0 unspecified atom stereocenters. The largest absolute Gasteiger partial charge is 0.341 e. The highest BCUT2D eigenvalue weighted by molar-refractivity contribution is 5.92. The highest BCUT2D eigenvalue weighted by atomic mass is 16.2. The van der Waals surface area contributed by atoms with E-state index in [-0.39, 0.29) is 30.0 Å². The number of para-hydroxylation sites is 2. The van der Waals surface area contributed by atoms with Crippen molar-refractivity contribution in [2.75, 3.05) is 18.4 Å². The first-order valence-electron chi connectivity index (χ1n) is 10.7. The molecule has 1 N–H and O–H groups in total. The zero-order valence-corrected chi connectivity index (χ0v) is 17.9. The van der Waals surface area contributed by atoms with Crippen LogP contribution >= 0.6 is 0 Å². The number of likely N-dealkylation sites (tertiary alicyclic amines) is 1. The van der Waals surface area contributed by atoms with Gasteiger partial charge in [0.25, 0.3) is 0 Å². The third kappa shape index (κ3) is 4.23. The van der Waals surface area contributed by atoms with Gasteiger partial charge in [0.15, 0.2) is 0 Å². The van der Waals surface area contributed by atoms with Gasteiger partial charge >= 0.3 is 5.69 Å². The van der Waals surface area contributed by atoms with Crippen LogP contribution in [-0.2, 0) is 22.7 Å². The van der Waals surface area contributed by atoms with Crippen LogP contribution in [0.25, 0.3) is 11.0 Å². The molecule has 1 saturated heterocycles. The van der Waals surface area contributed by atoms with Crippen LogP contribution in [0.4, 0.5) is 5.82 Å². The molecule has 0 radical (unpaired) electrons. The summed E-state index contributed by atoms with van der Waals surface area (Å²) in [4.78, 5) is 44.2. The van der Waals surface area contributed by atoms with E-state index in [4.69, 9.17) is 0 Å². The van der Waals surface area contributed by atoms with Gasteiger partial charge in [0.2, 0.25) is 11.8 Å². The Kier molecular flexibility index (Phi) is 5.88. The third-order valence-electron chi connectivity index (χ3n) is 5.92. The van der Waals surface area contributed by atoms with E-state index in [0.717, 1.165) is 16.6 Å². The number of aryl methyl sites for hydroxylation is 2. The summed E-state index contributed by atoms with van der Waals surface area (Å²) in [7, 11) is 0.